The molecule has 2 aromatic heterocycles. The maximum Gasteiger partial charge on any atom is 0.227 e. The lowest BCUT2D eigenvalue weighted by molar-refractivity contribution is 0.312. The third-order valence-electron chi connectivity index (χ3n) is 8.51. The van der Waals surface area contributed by atoms with Crippen molar-refractivity contribution in [3.8, 4) is 27.6 Å². The number of rotatable bonds is 9. The van der Waals surface area contributed by atoms with Crippen molar-refractivity contribution >= 4 is 38.7 Å². The van der Waals surface area contributed by atoms with Crippen molar-refractivity contribution in [1.29, 1.82) is 0 Å². The van der Waals surface area contributed by atoms with E-state index in [2.05, 4.69) is 33.2 Å². The van der Waals surface area contributed by atoms with E-state index < -0.39 is 10.0 Å². The van der Waals surface area contributed by atoms with E-state index in [0.717, 1.165) is 58.7 Å². The predicted octanol–water partition coefficient (Wildman–Crippen LogP) is 5.44. The molecule has 0 aliphatic carbocycles. The first kappa shape index (κ1) is 31.3. The number of hydrogen-bond acceptors (Lipinski definition) is 10. The highest BCUT2D eigenvalue weighted by atomic mass is 32.2. The molecule has 0 spiro atoms. The number of halogens is 1. The molecule has 0 bridgehead atoms. The lowest BCUT2D eigenvalue weighted by Crippen LogP contribution is -2.44. The van der Waals surface area contributed by atoms with Gasteiger partial charge in [-0.3, -0.25) is 0 Å². The third kappa shape index (κ3) is 6.96. The highest BCUT2D eigenvalue weighted by Gasteiger charge is 2.30. The number of nitrogens with one attached hydrogen (secondary N) is 1. The number of methoxy groups -OCH3 is 1. The highest BCUT2D eigenvalue weighted by molar-refractivity contribution is 7.89. The first-order valence-electron chi connectivity index (χ1n) is 15.2. The van der Waals surface area contributed by atoms with Crippen LogP contribution in [0.1, 0.15) is 30.7 Å². The summed E-state index contributed by atoms with van der Waals surface area (Å²) in [6, 6.07) is 14.3. The number of hydrogen-bond donors (Lipinski definition) is 1. The molecule has 238 valence electrons. The van der Waals surface area contributed by atoms with Crippen molar-refractivity contribution in [1.82, 2.24) is 24.2 Å². The second kappa shape index (κ2) is 13.4. The first-order valence-corrected chi connectivity index (χ1v) is 17.6. The Balaban J connectivity index is 1.28. The summed E-state index contributed by atoms with van der Waals surface area (Å²) in [5.41, 5.74) is 4.06. The Morgan fingerprint density at radius 2 is 1.73 bits per heavy atom. The SMILES string of the molecule is CCS(=O)(=O)N1CCC(c2nc(-c3ccc(F)cc3)c(-c3ccnc(Nc4ccc(N5CCN(C)CC5)cc4OC)n3)s2)CC1. The second-order valence-corrected chi connectivity index (χ2v) is 14.7. The van der Waals surface area contributed by atoms with Crippen LogP contribution in [-0.2, 0) is 10.0 Å². The quantitative estimate of drug-likeness (QED) is 0.254. The van der Waals surface area contributed by atoms with E-state index in [1.54, 1.807) is 48.0 Å². The topological polar surface area (TPSA) is 104 Å². The molecular formula is C32H38FN7O3S2. The maximum atomic E-state index is 13.8. The number of ether oxygens (including phenoxy) is 1. The number of benzene rings is 2. The van der Waals surface area contributed by atoms with Crippen LogP contribution in [0.4, 0.5) is 21.7 Å². The number of piperidine rings is 1. The lowest BCUT2D eigenvalue weighted by Gasteiger charge is -2.34. The Labute approximate surface area is 268 Å². The zero-order valence-corrected chi connectivity index (χ0v) is 27.4. The fourth-order valence-electron chi connectivity index (χ4n) is 5.76. The van der Waals surface area contributed by atoms with Crippen LogP contribution in [0.2, 0.25) is 0 Å². The lowest BCUT2D eigenvalue weighted by atomic mass is 9.99. The number of thiazole rings is 1. The van der Waals surface area contributed by atoms with E-state index in [-0.39, 0.29) is 17.5 Å². The molecule has 0 saturated carbocycles. The molecule has 0 radical (unpaired) electrons. The summed E-state index contributed by atoms with van der Waals surface area (Å²) in [6.07, 6.45) is 3.09. The fourth-order valence-corrected chi connectivity index (χ4v) is 8.12. The molecule has 10 nitrogen and oxygen atoms in total. The average Bonchev–Trinajstić information content (AvgIpc) is 3.51. The van der Waals surface area contributed by atoms with Crippen LogP contribution in [-0.4, -0.2) is 91.8 Å². The summed E-state index contributed by atoms with van der Waals surface area (Å²) in [5.74, 6) is 1.01. The zero-order valence-electron chi connectivity index (χ0n) is 25.7. The predicted molar refractivity (Wildman–Crippen MR) is 178 cm³/mol. The smallest absolute Gasteiger partial charge is 0.227 e. The summed E-state index contributed by atoms with van der Waals surface area (Å²) in [5, 5.41) is 4.25. The van der Waals surface area contributed by atoms with Crippen LogP contribution >= 0.6 is 11.3 Å². The third-order valence-corrected chi connectivity index (χ3v) is 11.6. The Hall–Kier alpha value is -3.65. The minimum Gasteiger partial charge on any atom is -0.494 e. The molecule has 45 heavy (non-hydrogen) atoms. The van der Waals surface area contributed by atoms with Crippen molar-refractivity contribution in [2.75, 3.05) is 69.4 Å². The van der Waals surface area contributed by atoms with Gasteiger partial charge < -0.3 is 19.9 Å². The van der Waals surface area contributed by atoms with Gasteiger partial charge in [0.25, 0.3) is 0 Å². The van der Waals surface area contributed by atoms with Crippen LogP contribution in [0.15, 0.2) is 54.7 Å². The van der Waals surface area contributed by atoms with Gasteiger partial charge in [0, 0.05) is 68.7 Å². The maximum absolute atomic E-state index is 13.8. The molecule has 2 saturated heterocycles. The molecule has 0 amide bonds. The minimum absolute atomic E-state index is 0.101. The summed E-state index contributed by atoms with van der Waals surface area (Å²) in [7, 11) is 0.571. The van der Waals surface area contributed by atoms with E-state index in [0.29, 0.717) is 43.3 Å². The van der Waals surface area contributed by atoms with Crippen LogP contribution in [0.5, 0.6) is 5.75 Å². The second-order valence-electron chi connectivity index (χ2n) is 11.4. The van der Waals surface area contributed by atoms with Gasteiger partial charge >= 0.3 is 0 Å². The monoisotopic (exact) mass is 651 g/mol. The number of likely N-dealkylation sites (N-methyl/N-ethyl adjacent to an activating group) is 1. The van der Waals surface area contributed by atoms with Crippen LogP contribution in [0.25, 0.3) is 21.8 Å². The molecule has 2 aromatic carbocycles. The Bertz CT molecular complexity index is 1730. The molecular weight excluding hydrogens is 614 g/mol. The Morgan fingerprint density at radius 1 is 1.00 bits per heavy atom. The van der Waals surface area contributed by atoms with Gasteiger partial charge in [-0.05, 0) is 69.3 Å². The molecule has 4 aromatic rings. The summed E-state index contributed by atoms with van der Waals surface area (Å²) < 4.78 is 46.0. The Kier molecular flexibility index (Phi) is 9.31. The van der Waals surface area contributed by atoms with E-state index >= 15 is 0 Å². The van der Waals surface area contributed by atoms with Crippen molar-refractivity contribution < 1.29 is 17.5 Å². The molecule has 13 heteroatoms. The number of sulfonamides is 1. The number of nitrogens with zero attached hydrogens (tertiary/aromatic N) is 6. The van der Waals surface area contributed by atoms with Gasteiger partial charge in [-0.25, -0.2) is 32.1 Å². The normalized spacial score (nSPS) is 17.0. The molecule has 4 heterocycles. The molecule has 1 N–H and O–H groups in total. The van der Waals surface area contributed by atoms with E-state index in [4.69, 9.17) is 14.7 Å². The minimum atomic E-state index is -3.22. The number of piperazine rings is 1. The molecule has 2 fully saturated rings. The number of aromatic nitrogens is 3. The molecule has 2 aliphatic rings. The molecule has 0 unspecified atom stereocenters. The van der Waals surface area contributed by atoms with E-state index in [1.165, 1.54) is 12.1 Å². The summed E-state index contributed by atoms with van der Waals surface area (Å²) in [6.45, 7) is 6.57. The summed E-state index contributed by atoms with van der Waals surface area (Å²) >= 11 is 1.55. The van der Waals surface area contributed by atoms with Crippen LogP contribution in [0.3, 0.4) is 0 Å². The fraction of sp³-hybridized carbons (Fsp3) is 0.406. The van der Waals surface area contributed by atoms with Gasteiger partial charge in [0.05, 0.1) is 39.8 Å². The molecule has 2 aliphatic heterocycles. The largest absolute Gasteiger partial charge is 0.494 e. The van der Waals surface area contributed by atoms with Gasteiger partial charge in [-0.15, -0.1) is 11.3 Å². The molecule has 0 atom stereocenters. The van der Waals surface area contributed by atoms with E-state index in [1.807, 2.05) is 18.2 Å². The van der Waals surface area contributed by atoms with Crippen molar-refractivity contribution in [3.05, 3.63) is 65.6 Å². The number of anilines is 3. The van der Waals surface area contributed by atoms with Crippen LogP contribution in [0, 0.1) is 5.82 Å². The van der Waals surface area contributed by atoms with Crippen molar-refractivity contribution in [2.24, 2.45) is 0 Å². The first-order chi connectivity index (χ1) is 21.7. The van der Waals surface area contributed by atoms with E-state index in [9.17, 15) is 12.8 Å². The van der Waals surface area contributed by atoms with Gasteiger partial charge in [0.15, 0.2) is 0 Å². The Morgan fingerprint density at radius 3 is 2.42 bits per heavy atom. The van der Waals surface area contributed by atoms with Crippen LogP contribution < -0.4 is 15.0 Å². The van der Waals surface area contributed by atoms with Gasteiger partial charge in [0.1, 0.15) is 11.6 Å². The average molecular weight is 652 g/mol. The van der Waals surface area contributed by atoms with Gasteiger partial charge in [-0.2, -0.15) is 0 Å². The standard InChI is InChI=1S/C32H38FN7O3S2/c1-4-45(41,42)40-15-12-23(13-16-40)31-37-29(22-5-7-24(33)8-6-22)30(44-31)27-11-14-34-32(36-27)35-26-10-9-25(21-28(26)43-3)39-19-17-38(2)18-20-39/h5-11,14,21,23H,4,12-13,15-20H2,1-3H3,(H,34,35,36). The zero-order chi connectivity index (χ0) is 31.6. The molecule has 6 rings (SSSR count). The van der Waals surface area contributed by atoms with Gasteiger partial charge in [-0.1, -0.05) is 0 Å². The van der Waals surface area contributed by atoms with Gasteiger partial charge in [0.2, 0.25) is 16.0 Å². The highest BCUT2D eigenvalue weighted by Crippen LogP contribution is 2.42. The van der Waals surface area contributed by atoms with Crippen molar-refractivity contribution in [3.63, 3.8) is 0 Å². The summed E-state index contributed by atoms with van der Waals surface area (Å²) in [4.78, 5) is 19.9. The van der Waals surface area contributed by atoms with Crippen molar-refractivity contribution in [2.45, 2.75) is 25.7 Å².